The molecular weight excluding hydrogens is 296 g/mol. The van der Waals surface area contributed by atoms with Gasteiger partial charge in [0.15, 0.2) is 0 Å². The minimum Gasteiger partial charge on any atom is -0.489 e. The van der Waals surface area contributed by atoms with Gasteiger partial charge in [-0.05, 0) is 43.5 Å². The van der Waals surface area contributed by atoms with Crippen LogP contribution in [0.15, 0.2) is 66.2 Å². The SMILES string of the molecule is CC(C)=CCNCC(N)Cc1ccc(OCc2ccccc2)cc1. The molecule has 2 aromatic carbocycles. The normalized spacial score (nSPS) is 11.8. The second-order valence-corrected chi connectivity index (χ2v) is 6.32. The van der Waals surface area contributed by atoms with E-state index < -0.39 is 0 Å². The molecule has 0 aliphatic heterocycles. The molecule has 0 aromatic heterocycles. The van der Waals surface area contributed by atoms with Crippen LogP contribution in [0.4, 0.5) is 0 Å². The topological polar surface area (TPSA) is 47.3 Å². The fourth-order valence-electron chi connectivity index (χ4n) is 2.38. The molecule has 0 spiro atoms. The molecule has 2 aromatic rings. The minimum atomic E-state index is 0.117. The molecule has 0 bridgehead atoms. The number of rotatable bonds is 9. The monoisotopic (exact) mass is 324 g/mol. The van der Waals surface area contributed by atoms with Crippen LogP contribution in [0, 0.1) is 0 Å². The third-order valence-corrected chi connectivity index (χ3v) is 3.73. The third kappa shape index (κ3) is 6.99. The lowest BCUT2D eigenvalue weighted by atomic mass is 10.1. The Kier molecular flexibility index (Phi) is 7.53. The summed E-state index contributed by atoms with van der Waals surface area (Å²) in [5, 5.41) is 3.36. The molecule has 3 N–H and O–H groups in total. The van der Waals surface area contributed by atoms with Crippen molar-refractivity contribution in [3.8, 4) is 5.75 Å². The van der Waals surface area contributed by atoms with Gasteiger partial charge in [-0.2, -0.15) is 0 Å². The predicted octanol–water partition coefficient (Wildman–Crippen LogP) is 3.69. The van der Waals surface area contributed by atoms with Gasteiger partial charge in [-0.15, -0.1) is 0 Å². The van der Waals surface area contributed by atoms with E-state index in [-0.39, 0.29) is 6.04 Å². The van der Waals surface area contributed by atoms with Gasteiger partial charge < -0.3 is 15.8 Å². The standard InChI is InChI=1S/C21H28N2O/c1-17(2)12-13-23-15-20(22)14-18-8-10-21(11-9-18)24-16-19-6-4-3-5-7-19/h3-12,20,23H,13-16,22H2,1-2H3. The highest BCUT2D eigenvalue weighted by atomic mass is 16.5. The van der Waals surface area contributed by atoms with Gasteiger partial charge in [0.1, 0.15) is 12.4 Å². The highest BCUT2D eigenvalue weighted by molar-refractivity contribution is 5.28. The van der Waals surface area contributed by atoms with E-state index in [9.17, 15) is 0 Å². The van der Waals surface area contributed by atoms with Gasteiger partial charge in [-0.3, -0.25) is 0 Å². The van der Waals surface area contributed by atoms with Crippen molar-refractivity contribution < 1.29 is 4.74 Å². The van der Waals surface area contributed by atoms with E-state index in [1.807, 2.05) is 30.3 Å². The largest absolute Gasteiger partial charge is 0.489 e. The lowest BCUT2D eigenvalue weighted by Crippen LogP contribution is -2.35. The summed E-state index contributed by atoms with van der Waals surface area (Å²) >= 11 is 0. The van der Waals surface area contributed by atoms with Gasteiger partial charge >= 0.3 is 0 Å². The van der Waals surface area contributed by atoms with E-state index >= 15 is 0 Å². The van der Waals surface area contributed by atoms with Gasteiger partial charge in [-0.1, -0.05) is 54.1 Å². The van der Waals surface area contributed by atoms with Gasteiger partial charge in [0.2, 0.25) is 0 Å². The van der Waals surface area contributed by atoms with E-state index in [1.54, 1.807) is 0 Å². The van der Waals surface area contributed by atoms with Gasteiger partial charge in [0, 0.05) is 19.1 Å². The summed E-state index contributed by atoms with van der Waals surface area (Å²) < 4.78 is 5.80. The Balaban J connectivity index is 1.74. The Hall–Kier alpha value is -2.10. The molecule has 0 aliphatic rings. The molecule has 0 aliphatic carbocycles. The van der Waals surface area contributed by atoms with Crippen LogP contribution >= 0.6 is 0 Å². The fraction of sp³-hybridized carbons (Fsp3) is 0.333. The van der Waals surface area contributed by atoms with E-state index in [0.717, 1.165) is 25.3 Å². The first kappa shape index (κ1) is 18.2. The molecule has 2 rings (SSSR count). The summed E-state index contributed by atoms with van der Waals surface area (Å²) in [6.45, 7) is 6.48. The van der Waals surface area contributed by atoms with Crippen molar-refractivity contribution in [3.63, 3.8) is 0 Å². The van der Waals surface area contributed by atoms with Crippen LogP contribution in [-0.4, -0.2) is 19.1 Å². The summed E-state index contributed by atoms with van der Waals surface area (Å²) in [7, 11) is 0. The average Bonchev–Trinajstić information content (AvgIpc) is 2.59. The molecule has 0 heterocycles. The van der Waals surface area contributed by atoms with E-state index in [1.165, 1.54) is 16.7 Å². The molecule has 1 atom stereocenters. The van der Waals surface area contributed by atoms with Crippen LogP contribution < -0.4 is 15.8 Å². The molecular formula is C21H28N2O. The van der Waals surface area contributed by atoms with Crippen LogP contribution in [0.25, 0.3) is 0 Å². The Morgan fingerprint density at radius 2 is 1.75 bits per heavy atom. The van der Waals surface area contributed by atoms with Crippen LogP contribution in [0.3, 0.4) is 0 Å². The second-order valence-electron chi connectivity index (χ2n) is 6.32. The minimum absolute atomic E-state index is 0.117. The van der Waals surface area contributed by atoms with Gasteiger partial charge in [0.25, 0.3) is 0 Å². The van der Waals surface area contributed by atoms with Gasteiger partial charge in [0.05, 0.1) is 0 Å². The molecule has 1 unspecified atom stereocenters. The zero-order valence-electron chi connectivity index (χ0n) is 14.7. The molecule has 3 heteroatoms. The summed E-state index contributed by atoms with van der Waals surface area (Å²) in [4.78, 5) is 0. The first-order valence-corrected chi connectivity index (χ1v) is 8.49. The Bertz CT molecular complexity index is 616. The number of nitrogens with two attached hydrogens (primary N) is 1. The number of nitrogens with one attached hydrogen (secondary N) is 1. The Morgan fingerprint density at radius 1 is 1.04 bits per heavy atom. The third-order valence-electron chi connectivity index (χ3n) is 3.73. The smallest absolute Gasteiger partial charge is 0.119 e. The molecule has 128 valence electrons. The van der Waals surface area contributed by atoms with Crippen LogP contribution in [-0.2, 0) is 13.0 Å². The molecule has 0 saturated carbocycles. The number of allylic oxidation sites excluding steroid dienone is 1. The highest BCUT2D eigenvalue weighted by Crippen LogP contribution is 2.15. The lowest BCUT2D eigenvalue weighted by Gasteiger charge is -2.13. The first-order valence-electron chi connectivity index (χ1n) is 8.49. The quantitative estimate of drug-likeness (QED) is 0.546. The number of benzene rings is 2. The van der Waals surface area contributed by atoms with E-state index in [0.29, 0.717) is 6.61 Å². The van der Waals surface area contributed by atoms with Crippen molar-refractivity contribution in [3.05, 3.63) is 77.4 Å². The molecule has 24 heavy (non-hydrogen) atoms. The molecule has 0 fully saturated rings. The van der Waals surface area contributed by atoms with Crippen molar-refractivity contribution in [2.75, 3.05) is 13.1 Å². The number of ether oxygens (including phenoxy) is 1. The van der Waals surface area contributed by atoms with Gasteiger partial charge in [-0.25, -0.2) is 0 Å². The fourth-order valence-corrected chi connectivity index (χ4v) is 2.38. The summed E-state index contributed by atoms with van der Waals surface area (Å²) in [6, 6.07) is 18.5. The van der Waals surface area contributed by atoms with Crippen molar-refractivity contribution in [1.82, 2.24) is 5.32 Å². The van der Waals surface area contributed by atoms with Crippen molar-refractivity contribution in [2.45, 2.75) is 32.9 Å². The summed E-state index contributed by atoms with van der Waals surface area (Å²) in [5.74, 6) is 0.887. The van der Waals surface area contributed by atoms with Crippen molar-refractivity contribution in [2.24, 2.45) is 5.73 Å². The number of hydrogen-bond acceptors (Lipinski definition) is 3. The highest BCUT2D eigenvalue weighted by Gasteiger charge is 2.04. The van der Waals surface area contributed by atoms with E-state index in [4.69, 9.17) is 10.5 Å². The molecule has 3 nitrogen and oxygen atoms in total. The van der Waals surface area contributed by atoms with Crippen LogP contribution in [0.1, 0.15) is 25.0 Å². The maximum atomic E-state index is 6.18. The predicted molar refractivity (Wildman–Crippen MR) is 101 cm³/mol. The average molecular weight is 324 g/mol. The maximum Gasteiger partial charge on any atom is 0.119 e. The van der Waals surface area contributed by atoms with Crippen LogP contribution in [0.5, 0.6) is 5.75 Å². The molecule has 0 amide bonds. The van der Waals surface area contributed by atoms with E-state index in [2.05, 4.69) is 49.5 Å². The zero-order chi connectivity index (χ0) is 17.2. The Morgan fingerprint density at radius 3 is 2.42 bits per heavy atom. The second kappa shape index (κ2) is 9.91. The maximum absolute atomic E-state index is 6.18. The Labute approximate surface area is 145 Å². The summed E-state index contributed by atoms with van der Waals surface area (Å²) in [5.41, 5.74) is 9.91. The first-order chi connectivity index (χ1) is 11.6. The lowest BCUT2D eigenvalue weighted by molar-refractivity contribution is 0.306. The molecule has 0 radical (unpaired) electrons. The van der Waals surface area contributed by atoms with Crippen LogP contribution in [0.2, 0.25) is 0 Å². The molecule has 0 saturated heterocycles. The number of hydrogen-bond donors (Lipinski definition) is 2. The summed E-state index contributed by atoms with van der Waals surface area (Å²) in [6.07, 6.45) is 3.03. The zero-order valence-corrected chi connectivity index (χ0v) is 14.7. The van der Waals surface area contributed by atoms with Crippen molar-refractivity contribution >= 4 is 0 Å². The van der Waals surface area contributed by atoms with Crippen molar-refractivity contribution in [1.29, 1.82) is 0 Å².